The number of nitriles is 1. The number of carbonyl (C=O) groups is 1. The highest BCUT2D eigenvalue weighted by atomic mass is 19.3. The van der Waals surface area contributed by atoms with Gasteiger partial charge in [0.2, 0.25) is 0 Å². The molecule has 0 aliphatic carbocycles. The minimum atomic E-state index is -3.06. The van der Waals surface area contributed by atoms with Gasteiger partial charge in [-0.15, -0.1) is 0 Å². The van der Waals surface area contributed by atoms with Crippen LogP contribution in [-0.4, -0.2) is 22.5 Å². The van der Waals surface area contributed by atoms with Gasteiger partial charge in [0.05, 0.1) is 23.5 Å². The highest BCUT2D eigenvalue weighted by Crippen LogP contribution is 2.27. The first-order chi connectivity index (χ1) is 9.40. The molecule has 0 atom stereocenters. The molecule has 1 rings (SSSR count). The molecule has 20 heavy (non-hydrogen) atoms. The molecule has 0 unspecified atom stereocenters. The third kappa shape index (κ3) is 3.44. The molecule has 0 saturated heterocycles. The molecule has 0 aliphatic rings. The molecule has 0 amide bonds. The van der Waals surface area contributed by atoms with Crippen LogP contribution in [0.2, 0.25) is 0 Å². The summed E-state index contributed by atoms with van der Waals surface area (Å²) in [6.45, 7) is 1.59. The maximum Gasteiger partial charge on any atom is 0.310 e. The van der Waals surface area contributed by atoms with E-state index in [2.05, 4.69) is 9.72 Å². The molecule has 9 heteroatoms. The predicted molar refractivity (Wildman–Crippen MR) is 60.9 cm³/mol. The number of nitrogens with zero attached hydrogens (tertiary/aromatic N) is 3. The second-order valence-electron chi connectivity index (χ2n) is 3.54. The fourth-order valence-corrected chi connectivity index (χ4v) is 1.48. The lowest BCUT2D eigenvalue weighted by Gasteiger charge is -2.07. The second kappa shape index (κ2) is 6.51. The maximum atomic E-state index is 12.6. The monoisotopic (exact) mass is 285 g/mol. The van der Waals surface area contributed by atoms with Crippen LogP contribution in [0, 0.1) is 21.4 Å². The minimum Gasteiger partial charge on any atom is -0.466 e. The Balaban J connectivity index is 3.36. The summed E-state index contributed by atoms with van der Waals surface area (Å²) in [5.74, 6) is -0.807. The maximum absolute atomic E-state index is 12.6. The van der Waals surface area contributed by atoms with Gasteiger partial charge >= 0.3 is 5.97 Å². The Labute approximate surface area is 111 Å². The zero-order chi connectivity index (χ0) is 15.3. The van der Waals surface area contributed by atoms with Crippen molar-refractivity contribution in [2.75, 3.05) is 6.61 Å². The van der Waals surface area contributed by atoms with Crippen molar-refractivity contribution in [3.8, 4) is 6.07 Å². The lowest BCUT2D eigenvalue weighted by atomic mass is 10.1. The van der Waals surface area contributed by atoms with E-state index >= 15 is 0 Å². The highest BCUT2D eigenvalue weighted by Gasteiger charge is 2.26. The first-order valence-corrected chi connectivity index (χ1v) is 5.42. The number of ether oxygens (including phenoxy) is 1. The van der Waals surface area contributed by atoms with Crippen LogP contribution in [0.4, 0.5) is 14.5 Å². The van der Waals surface area contributed by atoms with E-state index in [9.17, 15) is 23.7 Å². The number of nitro groups is 1. The Hall–Kier alpha value is -2.63. The van der Waals surface area contributed by atoms with Gasteiger partial charge in [0.1, 0.15) is 11.8 Å². The number of carbonyl (C=O) groups excluding carboxylic acids is 1. The molecular weight excluding hydrogens is 276 g/mol. The fraction of sp³-hybridized carbons (Fsp3) is 0.364. The van der Waals surface area contributed by atoms with Gasteiger partial charge in [-0.25, -0.2) is 13.8 Å². The Kier molecular flexibility index (Phi) is 5.02. The normalized spacial score (nSPS) is 10.2. The van der Waals surface area contributed by atoms with Gasteiger partial charge in [0.25, 0.3) is 12.1 Å². The Morgan fingerprint density at radius 3 is 2.75 bits per heavy atom. The zero-order valence-corrected chi connectivity index (χ0v) is 10.3. The summed E-state index contributed by atoms with van der Waals surface area (Å²) in [5, 5.41) is 19.7. The van der Waals surface area contributed by atoms with Gasteiger partial charge in [0.15, 0.2) is 5.69 Å². The van der Waals surface area contributed by atoms with Gasteiger partial charge in [-0.3, -0.25) is 14.9 Å². The summed E-state index contributed by atoms with van der Waals surface area (Å²) in [6.07, 6.45) is -3.64. The van der Waals surface area contributed by atoms with Gasteiger partial charge in [-0.1, -0.05) is 0 Å². The summed E-state index contributed by atoms with van der Waals surface area (Å²) in [5.41, 5.74) is -2.55. The van der Waals surface area contributed by atoms with Crippen LogP contribution in [0.1, 0.15) is 30.3 Å². The van der Waals surface area contributed by atoms with E-state index in [4.69, 9.17) is 5.26 Å². The molecule has 0 aromatic carbocycles. The van der Waals surface area contributed by atoms with Crippen LogP contribution in [0.3, 0.4) is 0 Å². The first kappa shape index (κ1) is 15.4. The molecule has 0 spiro atoms. The van der Waals surface area contributed by atoms with Crippen molar-refractivity contribution in [3.05, 3.63) is 33.1 Å². The molecule has 0 saturated carbocycles. The van der Waals surface area contributed by atoms with Crippen molar-refractivity contribution in [1.82, 2.24) is 4.98 Å². The van der Waals surface area contributed by atoms with Crippen molar-refractivity contribution >= 4 is 11.7 Å². The van der Waals surface area contributed by atoms with Crippen molar-refractivity contribution in [1.29, 1.82) is 5.26 Å². The van der Waals surface area contributed by atoms with Crippen LogP contribution in [0.5, 0.6) is 0 Å². The van der Waals surface area contributed by atoms with Gasteiger partial charge in [0, 0.05) is 6.07 Å². The van der Waals surface area contributed by atoms with Crippen LogP contribution >= 0.6 is 0 Å². The van der Waals surface area contributed by atoms with Crippen molar-refractivity contribution in [2.45, 2.75) is 19.8 Å². The topological polar surface area (TPSA) is 106 Å². The molecule has 0 fully saturated rings. The molecule has 1 aromatic rings. The van der Waals surface area contributed by atoms with E-state index in [1.807, 2.05) is 0 Å². The number of aromatic nitrogens is 1. The molecule has 106 valence electrons. The Bertz CT molecular complexity index is 584. The average Bonchev–Trinajstić information content (AvgIpc) is 2.38. The van der Waals surface area contributed by atoms with E-state index in [-0.39, 0.29) is 12.2 Å². The number of alkyl halides is 2. The second-order valence-corrected chi connectivity index (χ2v) is 3.54. The summed E-state index contributed by atoms with van der Waals surface area (Å²) < 4.78 is 29.7. The van der Waals surface area contributed by atoms with Crippen LogP contribution < -0.4 is 0 Å². The predicted octanol–water partition coefficient (Wildman–Crippen LogP) is 1.90. The number of hydrogen-bond acceptors (Lipinski definition) is 6. The Morgan fingerprint density at radius 1 is 1.65 bits per heavy atom. The van der Waals surface area contributed by atoms with Gasteiger partial charge in [-0.05, 0) is 6.92 Å². The van der Waals surface area contributed by atoms with Crippen molar-refractivity contribution in [3.63, 3.8) is 0 Å². The molecule has 7 nitrogen and oxygen atoms in total. The van der Waals surface area contributed by atoms with Gasteiger partial charge < -0.3 is 4.74 Å². The lowest BCUT2D eigenvalue weighted by Crippen LogP contribution is -2.12. The molecule has 1 aromatic heterocycles. The van der Waals surface area contributed by atoms with Crippen LogP contribution in [-0.2, 0) is 16.0 Å². The van der Waals surface area contributed by atoms with Crippen LogP contribution in [0.15, 0.2) is 6.07 Å². The molecule has 0 bridgehead atoms. The number of pyridine rings is 1. The van der Waals surface area contributed by atoms with Gasteiger partial charge in [-0.2, -0.15) is 5.26 Å². The molecule has 0 aliphatic heterocycles. The minimum absolute atomic E-state index is 0.0526. The number of esters is 1. The molecule has 0 N–H and O–H groups in total. The molecule has 1 heterocycles. The number of hydrogen-bond donors (Lipinski definition) is 0. The van der Waals surface area contributed by atoms with E-state index < -0.39 is 40.8 Å². The standard InChI is InChI=1S/C11H9F2N3O4/c1-2-20-10(17)3-6-8(5-14)15-7(11(12)13)4-9(6)16(18)19/h4,11H,2-3H2,1H3. The van der Waals surface area contributed by atoms with Crippen LogP contribution in [0.25, 0.3) is 0 Å². The third-order valence-electron chi connectivity index (χ3n) is 2.27. The SMILES string of the molecule is CCOC(=O)Cc1c([N+](=O)[O-])cc(C(F)F)nc1C#N. The zero-order valence-electron chi connectivity index (χ0n) is 10.3. The van der Waals surface area contributed by atoms with E-state index in [1.165, 1.54) is 13.0 Å². The lowest BCUT2D eigenvalue weighted by molar-refractivity contribution is -0.385. The fourth-order valence-electron chi connectivity index (χ4n) is 1.48. The Morgan fingerprint density at radius 2 is 2.30 bits per heavy atom. The largest absolute Gasteiger partial charge is 0.466 e. The van der Waals surface area contributed by atoms with E-state index in [0.29, 0.717) is 6.07 Å². The van der Waals surface area contributed by atoms with E-state index in [0.717, 1.165) is 0 Å². The third-order valence-corrected chi connectivity index (χ3v) is 2.27. The summed E-state index contributed by atoms with van der Waals surface area (Å²) in [4.78, 5) is 24.6. The molecule has 0 radical (unpaired) electrons. The number of halogens is 2. The van der Waals surface area contributed by atoms with Crippen molar-refractivity contribution < 1.29 is 23.2 Å². The summed E-state index contributed by atoms with van der Waals surface area (Å²) in [7, 11) is 0. The average molecular weight is 285 g/mol. The highest BCUT2D eigenvalue weighted by molar-refractivity contribution is 5.75. The first-order valence-electron chi connectivity index (χ1n) is 5.42. The smallest absolute Gasteiger partial charge is 0.310 e. The number of rotatable bonds is 5. The summed E-state index contributed by atoms with van der Waals surface area (Å²) >= 11 is 0. The van der Waals surface area contributed by atoms with Crippen molar-refractivity contribution in [2.24, 2.45) is 0 Å². The van der Waals surface area contributed by atoms with E-state index in [1.54, 1.807) is 0 Å². The quantitative estimate of drug-likeness (QED) is 0.464. The molecular formula is C11H9F2N3O4. The summed E-state index contributed by atoms with van der Waals surface area (Å²) in [6, 6.07) is 2.03.